The van der Waals surface area contributed by atoms with Gasteiger partial charge in [-0.2, -0.15) is 0 Å². The first-order chi connectivity index (χ1) is 7.88. The third-order valence-electron chi connectivity index (χ3n) is 3.29. The van der Waals surface area contributed by atoms with Crippen molar-refractivity contribution >= 4 is 11.9 Å². The van der Waals surface area contributed by atoms with Gasteiger partial charge in [-0.3, -0.25) is 4.40 Å². The number of fused-ring (bicyclic) bond motifs is 1. The number of hydrogen-bond donors (Lipinski definition) is 0. The monoisotopic (exact) mass is 215 g/mol. The van der Waals surface area contributed by atoms with Gasteiger partial charge in [-0.25, -0.2) is 0 Å². The molecule has 4 heteroatoms. The molecule has 1 saturated carbocycles. The lowest BCUT2D eigenvalue weighted by atomic mass is 9.85. The van der Waals surface area contributed by atoms with E-state index in [9.17, 15) is 4.79 Å². The van der Waals surface area contributed by atoms with Crippen LogP contribution in [0.4, 0.5) is 0 Å². The van der Waals surface area contributed by atoms with E-state index < -0.39 is 0 Å². The summed E-state index contributed by atoms with van der Waals surface area (Å²) in [5, 5.41) is 8.40. The fourth-order valence-electron chi connectivity index (χ4n) is 2.12. The third-order valence-corrected chi connectivity index (χ3v) is 3.29. The van der Waals surface area contributed by atoms with Crippen molar-refractivity contribution in [1.82, 2.24) is 14.6 Å². The molecule has 0 N–H and O–H groups in total. The van der Waals surface area contributed by atoms with Crippen LogP contribution in [-0.2, 0) is 11.2 Å². The molecule has 0 unspecified atom stereocenters. The van der Waals surface area contributed by atoms with Crippen LogP contribution in [0, 0.1) is 0 Å². The zero-order valence-corrected chi connectivity index (χ0v) is 8.97. The number of carbonyl (C=O) groups excluding carboxylic acids is 1. The fourth-order valence-corrected chi connectivity index (χ4v) is 2.12. The van der Waals surface area contributed by atoms with Crippen molar-refractivity contribution < 1.29 is 4.79 Å². The van der Waals surface area contributed by atoms with Gasteiger partial charge in [-0.05, 0) is 30.5 Å². The van der Waals surface area contributed by atoms with Gasteiger partial charge in [0.15, 0.2) is 5.65 Å². The summed E-state index contributed by atoms with van der Waals surface area (Å²) < 4.78 is 2.04. The fraction of sp³-hybridized carbons (Fsp3) is 0.417. The van der Waals surface area contributed by atoms with Gasteiger partial charge in [0.05, 0.1) is 0 Å². The van der Waals surface area contributed by atoms with E-state index in [-0.39, 0.29) is 0 Å². The van der Waals surface area contributed by atoms with E-state index in [1.54, 1.807) is 0 Å². The summed E-state index contributed by atoms with van der Waals surface area (Å²) in [6.45, 7) is 0. The van der Waals surface area contributed by atoms with Crippen molar-refractivity contribution in [2.45, 2.75) is 31.6 Å². The van der Waals surface area contributed by atoms with Crippen LogP contribution < -0.4 is 0 Å². The molecule has 0 spiro atoms. The predicted octanol–water partition coefficient (Wildman–Crippen LogP) is 1.74. The summed E-state index contributed by atoms with van der Waals surface area (Å²) >= 11 is 0. The van der Waals surface area contributed by atoms with Crippen LogP contribution in [0.1, 0.15) is 36.6 Å². The van der Waals surface area contributed by atoms with Gasteiger partial charge in [-0.15, -0.1) is 10.2 Å². The Labute approximate surface area is 93.3 Å². The van der Waals surface area contributed by atoms with Crippen molar-refractivity contribution in [3.63, 3.8) is 0 Å². The second kappa shape index (κ2) is 3.70. The van der Waals surface area contributed by atoms with Gasteiger partial charge >= 0.3 is 0 Å². The normalized spacial score (nSPS) is 16.2. The molecule has 16 heavy (non-hydrogen) atoms. The summed E-state index contributed by atoms with van der Waals surface area (Å²) in [6, 6.07) is 3.90. The molecule has 3 rings (SSSR count). The number of nitrogens with zero attached hydrogens (tertiary/aromatic N) is 3. The Morgan fingerprint density at radius 3 is 3.00 bits per heavy atom. The van der Waals surface area contributed by atoms with Crippen molar-refractivity contribution in [3.05, 3.63) is 29.7 Å². The SMILES string of the molecule is O=CCc1ccn2c(C3CCC3)nnc2c1. The third kappa shape index (κ3) is 1.41. The molecule has 0 bridgehead atoms. The molecule has 0 aromatic carbocycles. The van der Waals surface area contributed by atoms with Crippen molar-refractivity contribution in [2.24, 2.45) is 0 Å². The number of rotatable bonds is 3. The largest absolute Gasteiger partial charge is 0.303 e. The number of aldehydes is 1. The zero-order chi connectivity index (χ0) is 11.0. The van der Waals surface area contributed by atoms with Crippen LogP contribution in [0.5, 0.6) is 0 Å². The molecule has 0 saturated heterocycles. The molecule has 0 atom stereocenters. The van der Waals surface area contributed by atoms with E-state index >= 15 is 0 Å². The highest BCUT2D eigenvalue weighted by molar-refractivity contribution is 5.56. The second-order valence-corrected chi connectivity index (χ2v) is 4.32. The molecule has 1 fully saturated rings. The van der Waals surface area contributed by atoms with E-state index in [4.69, 9.17) is 0 Å². The van der Waals surface area contributed by atoms with Gasteiger partial charge < -0.3 is 4.79 Å². The number of hydrogen-bond acceptors (Lipinski definition) is 3. The number of pyridine rings is 1. The summed E-state index contributed by atoms with van der Waals surface area (Å²) in [4.78, 5) is 10.4. The Bertz CT molecular complexity index is 528. The first kappa shape index (κ1) is 9.51. The van der Waals surface area contributed by atoms with Crippen LogP contribution in [-0.4, -0.2) is 20.9 Å². The Balaban J connectivity index is 2.03. The molecular weight excluding hydrogens is 202 g/mol. The summed E-state index contributed by atoms with van der Waals surface area (Å²) in [6.07, 6.45) is 7.07. The van der Waals surface area contributed by atoms with Crippen LogP contribution in [0.15, 0.2) is 18.3 Å². The average Bonchev–Trinajstić information content (AvgIpc) is 2.60. The molecule has 82 valence electrons. The quantitative estimate of drug-likeness (QED) is 0.733. The smallest absolute Gasteiger partial charge is 0.161 e. The van der Waals surface area contributed by atoms with Crippen LogP contribution in [0.3, 0.4) is 0 Å². The van der Waals surface area contributed by atoms with E-state index in [0.29, 0.717) is 12.3 Å². The summed E-state index contributed by atoms with van der Waals surface area (Å²) in [5.74, 6) is 1.64. The predicted molar refractivity (Wildman–Crippen MR) is 59.3 cm³/mol. The highest BCUT2D eigenvalue weighted by Gasteiger charge is 2.24. The van der Waals surface area contributed by atoms with Crippen molar-refractivity contribution in [1.29, 1.82) is 0 Å². The molecule has 1 aliphatic rings. The minimum atomic E-state index is 0.447. The van der Waals surface area contributed by atoms with Crippen LogP contribution in [0.25, 0.3) is 5.65 Å². The molecule has 0 amide bonds. The molecule has 0 radical (unpaired) electrons. The highest BCUT2D eigenvalue weighted by atomic mass is 16.1. The van der Waals surface area contributed by atoms with Crippen LogP contribution in [0.2, 0.25) is 0 Å². The minimum absolute atomic E-state index is 0.447. The van der Waals surface area contributed by atoms with E-state index in [2.05, 4.69) is 10.2 Å². The average molecular weight is 215 g/mol. The van der Waals surface area contributed by atoms with E-state index in [1.807, 2.05) is 22.7 Å². The lowest BCUT2D eigenvalue weighted by molar-refractivity contribution is -0.107. The zero-order valence-electron chi connectivity index (χ0n) is 8.97. The summed E-state index contributed by atoms with van der Waals surface area (Å²) in [5.41, 5.74) is 1.84. The van der Waals surface area contributed by atoms with Crippen LogP contribution >= 0.6 is 0 Å². The molecular formula is C12H13N3O. The van der Waals surface area contributed by atoms with Crippen molar-refractivity contribution in [2.75, 3.05) is 0 Å². The van der Waals surface area contributed by atoms with Gasteiger partial charge in [0, 0.05) is 18.5 Å². The van der Waals surface area contributed by atoms with Gasteiger partial charge in [-0.1, -0.05) is 6.42 Å². The highest BCUT2D eigenvalue weighted by Crippen LogP contribution is 2.35. The maximum atomic E-state index is 10.4. The Kier molecular flexibility index (Phi) is 2.20. The maximum absolute atomic E-state index is 10.4. The Hall–Kier alpha value is -1.71. The first-order valence-electron chi connectivity index (χ1n) is 5.65. The van der Waals surface area contributed by atoms with E-state index in [1.165, 1.54) is 19.3 Å². The molecule has 2 aromatic heterocycles. The molecule has 4 nitrogen and oxygen atoms in total. The minimum Gasteiger partial charge on any atom is -0.303 e. The molecule has 0 aliphatic heterocycles. The van der Waals surface area contributed by atoms with Crippen molar-refractivity contribution in [3.8, 4) is 0 Å². The Morgan fingerprint density at radius 2 is 2.31 bits per heavy atom. The summed E-state index contributed by atoms with van der Waals surface area (Å²) in [7, 11) is 0. The molecule has 2 aromatic rings. The lowest BCUT2D eigenvalue weighted by Crippen LogP contribution is -2.12. The number of aromatic nitrogens is 3. The topological polar surface area (TPSA) is 47.3 Å². The maximum Gasteiger partial charge on any atom is 0.161 e. The molecule has 2 heterocycles. The number of carbonyl (C=O) groups is 1. The van der Waals surface area contributed by atoms with Gasteiger partial charge in [0.1, 0.15) is 12.1 Å². The van der Waals surface area contributed by atoms with Gasteiger partial charge in [0.2, 0.25) is 0 Å². The van der Waals surface area contributed by atoms with Gasteiger partial charge in [0.25, 0.3) is 0 Å². The standard InChI is InChI=1S/C12H13N3O/c16-7-5-9-4-6-15-11(8-9)13-14-12(15)10-2-1-3-10/h4,6-8,10H,1-3,5H2. The Morgan fingerprint density at radius 1 is 1.44 bits per heavy atom. The first-order valence-corrected chi connectivity index (χ1v) is 5.65. The molecule has 1 aliphatic carbocycles. The second-order valence-electron chi connectivity index (χ2n) is 4.32. The lowest BCUT2D eigenvalue weighted by Gasteiger charge is -2.23. The van der Waals surface area contributed by atoms with E-state index in [0.717, 1.165) is 23.3 Å².